The van der Waals surface area contributed by atoms with Gasteiger partial charge in [-0.15, -0.1) is 0 Å². The van der Waals surface area contributed by atoms with Crippen molar-refractivity contribution in [2.24, 2.45) is 0 Å². The number of benzene rings is 2. The van der Waals surface area contributed by atoms with E-state index in [4.69, 9.17) is 5.11 Å². The highest BCUT2D eigenvalue weighted by Gasteiger charge is 2.23. The average Bonchev–Trinajstić information content (AvgIpc) is 2.50. The largest absolute Gasteiger partial charge is 0.505 e. The van der Waals surface area contributed by atoms with E-state index in [-0.39, 0.29) is 11.9 Å². The van der Waals surface area contributed by atoms with Gasteiger partial charge < -0.3 is 15.7 Å². The molecular formula is C16H15FN2O2. The maximum absolute atomic E-state index is 13.3. The molecule has 0 saturated carbocycles. The van der Waals surface area contributed by atoms with Gasteiger partial charge in [0, 0.05) is 18.3 Å². The molecule has 0 saturated heterocycles. The van der Waals surface area contributed by atoms with Crippen LogP contribution in [0.4, 0.5) is 10.1 Å². The zero-order valence-corrected chi connectivity index (χ0v) is 11.3. The van der Waals surface area contributed by atoms with Crippen LogP contribution in [0.5, 0.6) is 5.75 Å². The Morgan fingerprint density at radius 3 is 2.76 bits per heavy atom. The third kappa shape index (κ3) is 2.87. The van der Waals surface area contributed by atoms with Crippen molar-refractivity contribution in [1.82, 2.24) is 5.32 Å². The summed E-state index contributed by atoms with van der Waals surface area (Å²) in [7, 11) is 0. The number of anilines is 1. The molecule has 0 bridgehead atoms. The van der Waals surface area contributed by atoms with Crippen molar-refractivity contribution in [1.29, 1.82) is 0 Å². The van der Waals surface area contributed by atoms with Gasteiger partial charge in [0.05, 0.1) is 6.04 Å². The van der Waals surface area contributed by atoms with Gasteiger partial charge in [0.1, 0.15) is 0 Å². The molecule has 0 aliphatic carbocycles. The van der Waals surface area contributed by atoms with Gasteiger partial charge in [-0.25, -0.2) is 4.39 Å². The minimum atomic E-state index is -0.755. The van der Waals surface area contributed by atoms with E-state index in [1.165, 1.54) is 17.7 Å². The van der Waals surface area contributed by atoms with Crippen LogP contribution in [0, 0.1) is 5.82 Å². The zero-order valence-electron chi connectivity index (χ0n) is 11.3. The molecule has 108 valence electrons. The highest BCUT2D eigenvalue weighted by atomic mass is 19.1. The smallest absolute Gasteiger partial charge is 0.241 e. The van der Waals surface area contributed by atoms with E-state index in [1.54, 1.807) is 0 Å². The summed E-state index contributed by atoms with van der Waals surface area (Å²) in [6, 6.07) is 11.4. The fourth-order valence-corrected chi connectivity index (χ4v) is 2.45. The van der Waals surface area contributed by atoms with Crippen LogP contribution in [0.3, 0.4) is 0 Å². The highest BCUT2D eigenvalue weighted by Crippen LogP contribution is 2.21. The minimum absolute atomic E-state index is 0.213. The van der Waals surface area contributed by atoms with Gasteiger partial charge in [-0.3, -0.25) is 4.79 Å². The molecule has 3 N–H and O–H groups in total. The molecule has 2 aromatic rings. The maximum atomic E-state index is 13.3. The van der Waals surface area contributed by atoms with Crippen molar-refractivity contribution in [3.05, 3.63) is 59.4 Å². The normalized spacial score (nSPS) is 17.1. The lowest BCUT2D eigenvalue weighted by Gasteiger charge is -2.25. The summed E-state index contributed by atoms with van der Waals surface area (Å²) in [6.07, 6.45) is 0.600. The predicted molar refractivity (Wildman–Crippen MR) is 77.5 cm³/mol. The van der Waals surface area contributed by atoms with Gasteiger partial charge in [-0.05, 0) is 29.7 Å². The summed E-state index contributed by atoms with van der Waals surface area (Å²) < 4.78 is 13.3. The number of amides is 1. The van der Waals surface area contributed by atoms with E-state index >= 15 is 0 Å². The SMILES string of the molecule is O=C(Nc1ccc(O)c(F)c1)[C@@H]1Cc2ccccc2CN1. The third-order valence-electron chi connectivity index (χ3n) is 3.61. The van der Waals surface area contributed by atoms with Crippen LogP contribution in [0.2, 0.25) is 0 Å². The van der Waals surface area contributed by atoms with Crippen LogP contribution in [0.15, 0.2) is 42.5 Å². The molecule has 0 aromatic heterocycles. The Morgan fingerprint density at radius 1 is 1.24 bits per heavy atom. The first-order valence-corrected chi connectivity index (χ1v) is 6.73. The van der Waals surface area contributed by atoms with Crippen LogP contribution in [0.25, 0.3) is 0 Å². The fourth-order valence-electron chi connectivity index (χ4n) is 2.45. The van der Waals surface area contributed by atoms with Gasteiger partial charge in [0.15, 0.2) is 11.6 Å². The molecule has 3 rings (SSSR count). The van der Waals surface area contributed by atoms with Crippen LogP contribution in [-0.2, 0) is 17.8 Å². The number of nitrogens with one attached hydrogen (secondary N) is 2. The van der Waals surface area contributed by atoms with Crippen LogP contribution in [0.1, 0.15) is 11.1 Å². The second-order valence-electron chi connectivity index (χ2n) is 5.06. The lowest BCUT2D eigenvalue weighted by Crippen LogP contribution is -2.44. The Bertz CT molecular complexity index is 688. The Hall–Kier alpha value is -2.40. The van der Waals surface area contributed by atoms with Crippen molar-refractivity contribution in [3.63, 3.8) is 0 Å². The maximum Gasteiger partial charge on any atom is 0.241 e. The van der Waals surface area contributed by atoms with Gasteiger partial charge in [0.2, 0.25) is 5.91 Å². The molecule has 1 aliphatic rings. The first-order valence-electron chi connectivity index (χ1n) is 6.73. The van der Waals surface area contributed by atoms with Gasteiger partial charge in [0.25, 0.3) is 0 Å². The number of hydrogen-bond donors (Lipinski definition) is 3. The molecule has 0 unspecified atom stereocenters. The molecule has 1 atom stereocenters. The quantitative estimate of drug-likeness (QED) is 0.742. The van der Waals surface area contributed by atoms with E-state index < -0.39 is 11.6 Å². The number of aromatic hydroxyl groups is 1. The topological polar surface area (TPSA) is 61.4 Å². The van der Waals surface area contributed by atoms with Crippen molar-refractivity contribution in [2.75, 3.05) is 5.32 Å². The molecule has 0 spiro atoms. The number of halogens is 1. The molecule has 1 aliphatic heterocycles. The molecule has 0 fully saturated rings. The average molecular weight is 286 g/mol. The second-order valence-corrected chi connectivity index (χ2v) is 5.06. The number of carbonyl (C=O) groups is 1. The second kappa shape index (κ2) is 5.54. The molecular weight excluding hydrogens is 271 g/mol. The van der Waals surface area contributed by atoms with Gasteiger partial charge in [-0.1, -0.05) is 24.3 Å². The fraction of sp³-hybridized carbons (Fsp3) is 0.188. The summed E-state index contributed by atoms with van der Waals surface area (Å²) >= 11 is 0. The Morgan fingerprint density at radius 2 is 2.00 bits per heavy atom. The van der Waals surface area contributed by atoms with E-state index in [1.807, 2.05) is 24.3 Å². The Labute approximate surface area is 121 Å². The van der Waals surface area contributed by atoms with Crippen molar-refractivity contribution in [2.45, 2.75) is 19.0 Å². The number of phenols is 1. The van der Waals surface area contributed by atoms with Crippen LogP contribution >= 0.6 is 0 Å². The Balaban J connectivity index is 1.70. The predicted octanol–water partition coefficient (Wildman–Crippen LogP) is 2.18. The van der Waals surface area contributed by atoms with Crippen molar-refractivity contribution < 1.29 is 14.3 Å². The molecule has 1 heterocycles. The van der Waals surface area contributed by atoms with Gasteiger partial charge >= 0.3 is 0 Å². The third-order valence-corrected chi connectivity index (χ3v) is 3.61. The van der Waals surface area contributed by atoms with E-state index in [9.17, 15) is 9.18 Å². The molecule has 1 amide bonds. The Kier molecular flexibility index (Phi) is 3.58. The van der Waals surface area contributed by atoms with Crippen LogP contribution < -0.4 is 10.6 Å². The van der Waals surface area contributed by atoms with E-state index in [0.29, 0.717) is 18.7 Å². The minimum Gasteiger partial charge on any atom is -0.505 e. The summed E-state index contributed by atoms with van der Waals surface area (Å²) in [5.74, 6) is -1.40. The monoisotopic (exact) mass is 286 g/mol. The summed E-state index contributed by atoms with van der Waals surface area (Å²) in [5.41, 5.74) is 2.67. The molecule has 2 aromatic carbocycles. The lowest BCUT2D eigenvalue weighted by atomic mass is 9.95. The summed E-state index contributed by atoms with van der Waals surface area (Å²) in [5, 5.41) is 15.0. The summed E-state index contributed by atoms with van der Waals surface area (Å²) in [6.45, 7) is 0.637. The molecule has 5 heteroatoms. The zero-order chi connectivity index (χ0) is 14.8. The number of hydrogen-bond acceptors (Lipinski definition) is 3. The standard InChI is InChI=1S/C16H15FN2O2/c17-13-8-12(5-6-15(13)20)19-16(21)14-7-10-3-1-2-4-11(10)9-18-14/h1-6,8,14,18,20H,7,9H2,(H,19,21)/t14-/m0/s1. The lowest BCUT2D eigenvalue weighted by molar-refractivity contribution is -0.118. The van der Waals surface area contributed by atoms with Gasteiger partial charge in [-0.2, -0.15) is 0 Å². The molecule has 4 nitrogen and oxygen atoms in total. The van der Waals surface area contributed by atoms with E-state index in [2.05, 4.69) is 10.6 Å². The first kappa shape index (κ1) is 13.6. The van der Waals surface area contributed by atoms with E-state index in [0.717, 1.165) is 11.6 Å². The number of fused-ring (bicyclic) bond motifs is 1. The number of carbonyl (C=O) groups excluding carboxylic acids is 1. The first-order chi connectivity index (χ1) is 10.1. The van der Waals surface area contributed by atoms with Crippen LogP contribution in [-0.4, -0.2) is 17.1 Å². The van der Waals surface area contributed by atoms with Crippen molar-refractivity contribution in [3.8, 4) is 5.75 Å². The number of phenolic OH excluding ortho intramolecular Hbond substituents is 1. The summed E-state index contributed by atoms with van der Waals surface area (Å²) in [4.78, 5) is 12.2. The molecule has 21 heavy (non-hydrogen) atoms. The van der Waals surface area contributed by atoms with Crippen molar-refractivity contribution >= 4 is 11.6 Å². The number of rotatable bonds is 2. The molecule has 0 radical (unpaired) electrons. The highest BCUT2D eigenvalue weighted by molar-refractivity contribution is 5.95.